The lowest BCUT2D eigenvalue weighted by Gasteiger charge is -2.35. The lowest BCUT2D eigenvalue weighted by Crippen LogP contribution is -2.46. The van der Waals surface area contributed by atoms with Crippen LogP contribution in [0, 0.1) is 10.1 Å². The van der Waals surface area contributed by atoms with Crippen molar-refractivity contribution >= 4 is 11.5 Å². The normalized spacial score (nSPS) is 15.7. The fourth-order valence-corrected chi connectivity index (χ4v) is 3.21. The second-order valence-corrected chi connectivity index (χ2v) is 5.98. The van der Waals surface area contributed by atoms with Crippen LogP contribution < -0.4 is 4.90 Å². The Hall–Kier alpha value is -2.48. The molecule has 2 aromatic rings. The van der Waals surface area contributed by atoms with Gasteiger partial charge in [-0.25, -0.2) is 4.68 Å². The van der Waals surface area contributed by atoms with Crippen LogP contribution in [0.1, 0.15) is 18.2 Å². The number of anilines is 1. The Balaban J connectivity index is 1.71. The Morgan fingerprint density at radius 2 is 2.04 bits per heavy atom. The minimum atomic E-state index is -0.302. The number of nitro groups is 1. The van der Waals surface area contributed by atoms with Gasteiger partial charge in [-0.15, -0.1) is 0 Å². The second kappa shape index (κ2) is 6.96. The molecule has 0 unspecified atom stereocenters. The molecule has 128 valence electrons. The topological polar surface area (TPSA) is 80.3 Å². The zero-order valence-electron chi connectivity index (χ0n) is 14.1. The number of hydrogen-bond acceptors (Lipinski definition) is 6. The van der Waals surface area contributed by atoms with Gasteiger partial charge in [0.1, 0.15) is 5.69 Å². The van der Waals surface area contributed by atoms with Gasteiger partial charge in [0.25, 0.3) is 0 Å². The number of aryl methyl sites for hydroxylation is 2. The van der Waals surface area contributed by atoms with Crippen molar-refractivity contribution in [2.75, 3.05) is 31.1 Å². The number of aromatic nitrogens is 3. The van der Waals surface area contributed by atoms with Gasteiger partial charge in [0.15, 0.2) is 0 Å². The van der Waals surface area contributed by atoms with Crippen molar-refractivity contribution < 1.29 is 4.92 Å². The fourth-order valence-electron chi connectivity index (χ4n) is 3.21. The van der Waals surface area contributed by atoms with Crippen molar-refractivity contribution in [2.45, 2.75) is 19.9 Å². The van der Waals surface area contributed by atoms with Crippen LogP contribution in [0.5, 0.6) is 0 Å². The second-order valence-electron chi connectivity index (χ2n) is 5.98. The number of nitrogens with zero attached hydrogens (tertiary/aromatic N) is 6. The van der Waals surface area contributed by atoms with E-state index in [-0.39, 0.29) is 10.6 Å². The van der Waals surface area contributed by atoms with Crippen LogP contribution >= 0.6 is 0 Å². The molecule has 3 heterocycles. The van der Waals surface area contributed by atoms with Crippen LogP contribution in [0.4, 0.5) is 11.5 Å². The highest BCUT2D eigenvalue weighted by atomic mass is 16.6. The number of hydrogen-bond donors (Lipinski definition) is 0. The summed E-state index contributed by atoms with van der Waals surface area (Å²) >= 11 is 0. The average Bonchev–Trinajstić information content (AvgIpc) is 2.93. The highest BCUT2D eigenvalue weighted by Crippen LogP contribution is 2.32. The summed E-state index contributed by atoms with van der Waals surface area (Å²) in [6.07, 6.45) is 4.21. The standard InChI is InChI=1S/C16H22N6O2/c1-3-14-15(22(23)24)16(19(2)18-14)21-9-7-20(8-10-21)12-13-5-4-6-17-11-13/h4-6,11H,3,7-10,12H2,1-2H3. The largest absolute Gasteiger partial charge is 0.349 e. The molecule has 0 atom stereocenters. The first-order valence-electron chi connectivity index (χ1n) is 8.16. The molecule has 0 radical (unpaired) electrons. The molecule has 1 saturated heterocycles. The van der Waals surface area contributed by atoms with Crippen molar-refractivity contribution in [3.05, 3.63) is 45.9 Å². The molecule has 8 nitrogen and oxygen atoms in total. The van der Waals surface area contributed by atoms with E-state index >= 15 is 0 Å². The summed E-state index contributed by atoms with van der Waals surface area (Å²) in [5, 5.41) is 15.8. The third-order valence-electron chi connectivity index (χ3n) is 4.38. The van der Waals surface area contributed by atoms with Crippen molar-refractivity contribution in [3.8, 4) is 0 Å². The van der Waals surface area contributed by atoms with Crippen molar-refractivity contribution in [3.63, 3.8) is 0 Å². The van der Waals surface area contributed by atoms with Gasteiger partial charge in [0.2, 0.25) is 5.82 Å². The van der Waals surface area contributed by atoms with Crippen LogP contribution in [0.3, 0.4) is 0 Å². The SMILES string of the molecule is CCc1nn(C)c(N2CCN(Cc3cccnc3)CC2)c1[N+](=O)[O-]. The van der Waals surface area contributed by atoms with Gasteiger partial charge in [0.05, 0.1) is 4.92 Å². The molecule has 3 rings (SSSR count). The van der Waals surface area contributed by atoms with E-state index in [0.29, 0.717) is 17.9 Å². The molecule has 8 heteroatoms. The molecular formula is C16H22N6O2. The molecule has 0 aliphatic carbocycles. The monoisotopic (exact) mass is 330 g/mol. The number of rotatable bonds is 5. The smallest absolute Gasteiger partial charge is 0.334 e. The van der Waals surface area contributed by atoms with E-state index in [9.17, 15) is 10.1 Å². The van der Waals surface area contributed by atoms with Gasteiger partial charge < -0.3 is 4.90 Å². The Labute approximate surface area is 140 Å². The molecule has 0 bridgehead atoms. The molecule has 0 spiro atoms. The maximum absolute atomic E-state index is 11.5. The van der Waals surface area contributed by atoms with E-state index < -0.39 is 0 Å². The number of piperazine rings is 1. The fraction of sp³-hybridized carbons (Fsp3) is 0.500. The van der Waals surface area contributed by atoms with E-state index in [1.165, 1.54) is 5.56 Å². The molecule has 0 N–H and O–H groups in total. The summed E-state index contributed by atoms with van der Waals surface area (Å²) in [6, 6.07) is 4.01. The van der Waals surface area contributed by atoms with E-state index in [2.05, 4.69) is 25.9 Å². The van der Waals surface area contributed by atoms with Crippen molar-refractivity contribution in [1.29, 1.82) is 0 Å². The summed E-state index contributed by atoms with van der Waals surface area (Å²) in [7, 11) is 1.78. The zero-order valence-corrected chi connectivity index (χ0v) is 14.1. The van der Waals surface area contributed by atoms with Crippen LogP contribution in [0.15, 0.2) is 24.5 Å². The molecular weight excluding hydrogens is 308 g/mol. The van der Waals surface area contributed by atoms with Crippen LogP contribution in [-0.2, 0) is 20.0 Å². The zero-order chi connectivity index (χ0) is 17.1. The molecule has 0 aromatic carbocycles. The molecule has 0 saturated carbocycles. The maximum atomic E-state index is 11.5. The Kier molecular flexibility index (Phi) is 4.75. The quantitative estimate of drug-likeness (QED) is 0.612. The first-order valence-corrected chi connectivity index (χ1v) is 8.16. The molecule has 0 amide bonds. The van der Waals surface area contributed by atoms with Crippen LogP contribution in [0.2, 0.25) is 0 Å². The molecule has 1 fully saturated rings. The highest BCUT2D eigenvalue weighted by molar-refractivity contribution is 5.61. The van der Waals surface area contributed by atoms with Gasteiger partial charge >= 0.3 is 5.69 Å². The lowest BCUT2D eigenvalue weighted by atomic mass is 10.2. The summed E-state index contributed by atoms with van der Waals surface area (Å²) < 4.78 is 1.65. The first-order chi connectivity index (χ1) is 11.6. The van der Waals surface area contributed by atoms with Gasteiger partial charge in [-0.3, -0.25) is 20.0 Å². The number of pyridine rings is 1. The highest BCUT2D eigenvalue weighted by Gasteiger charge is 2.31. The summed E-state index contributed by atoms with van der Waals surface area (Å²) in [5.41, 5.74) is 1.89. The van der Waals surface area contributed by atoms with Gasteiger partial charge in [-0.05, 0) is 18.1 Å². The Morgan fingerprint density at radius 1 is 1.29 bits per heavy atom. The first kappa shape index (κ1) is 16.4. The van der Waals surface area contributed by atoms with E-state index in [1.807, 2.05) is 19.2 Å². The van der Waals surface area contributed by atoms with Crippen LogP contribution in [0.25, 0.3) is 0 Å². The minimum absolute atomic E-state index is 0.153. The summed E-state index contributed by atoms with van der Waals surface area (Å²) in [4.78, 5) is 19.7. The van der Waals surface area contributed by atoms with E-state index in [4.69, 9.17) is 0 Å². The third-order valence-corrected chi connectivity index (χ3v) is 4.38. The van der Waals surface area contributed by atoms with Gasteiger partial charge in [0, 0.05) is 52.2 Å². The van der Waals surface area contributed by atoms with Crippen LogP contribution in [-0.4, -0.2) is 50.8 Å². The summed E-state index contributed by atoms with van der Waals surface area (Å²) in [6.45, 7) is 5.98. The maximum Gasteiger partial charge on any atom is 0.334 e. The predicted molar refractivity (Wildman–Crippen MR) is 91.0 cm³/mol. The molecule has 1 aliphatic rings. The predicted octanol–water partition coefficient (Wildman–Crippen LogP) is 1.61. The lowest BCUT2D eigenvalue weighted by molar-refractivity contribution is -0.384. The summed E-state index contributed by atoms with van der Waals surface area (Å²) in [5.74, 6) is 0.623. The van der Waals surface area contributed by atoms with Crippen molar-refractivity contribution in [2.24, 2.45) is 7.05 Å². The molecule has 24 heavy (non-hydrogen) atoms. The molecule has 1 aliphatic heterocycles. The van der Waals surface area contributed by atoms with Gasteiger partial charge in [-0.2, -0.15) is 5.10 Å². The third kappa shape index (κ3) is 3.23. The Bertz CT molecular complexity index is 707. The average molecular weight is 330 g/mol. The van der Waals surface area contributed by atoms with Gasteiger partial charge in [-0.1, -0.05) is 13.0 Å². The molecule has 2 aromatic heterocycles. The van der Waals surface area contributed by atoms with E-state index in [0.717, 1.165) is 32.7 Å². The van der Waals surface area contributed by atoms with E-state index in [1.54, 1.807) is 17.9 Å². The van der Waals surface area contributed by atoms with Crippen molar-refractivity contribution in [1.82, 2.24) is 19.7 Å². The Morgan fingerprint density at radius 3 is 2.62 bits per heavy atom. The minimum Gasteiger partial charge on any atom is -0.349 e.